The van der Waals surface area contributed by atoms with Crippen LogP contribution in [0.4, 0.5) is 0 Å². The van der Waals surface area contributed by atoms with Gasteiger partial charge in [0.05, 0.1) is 18.8 Å². The Kier molecular flexibility index (Phi) is 6.77. The van der Waals surface area contributed by atoms with Crippen LogP contribution < -0.4 is 0 Å². The van der Waals surface area contributed by atoms with E-state index in [2.05, 4.69) is 0 Å². The molecule has 0 saturated carbocycles. The zero-order valence-corrected chi connectivity index (χ0v) is 14.4. The third-order valence-corrected chi connectivity index (χ3v) is 4.76. The molecule has 10 heteroatoms. The average molecular weight is 368 g/mol. The summed E-state index contributed by atoms with van der Waals surface area (Å²) in [5.74, 6) is 0. The highest BCUT2D eigenvalue weighted by atomic mass is 16.7. The molecular weight excluding hydrogens is 340 g/mol. The summed E-state index contributed by atoms with van der Waals surface area (Å²) < 4.78 is 21.5. The first-order chi connectivity index (χ1) is 11.7. The molecule has 0 bridgehead atoms. The van der Waals surface area contributed by atoms with Crippen LogP contribution in [0.1, 0.15) is 13.8 Å². The highest BCUT2D eigenvalue weighted by molar-refractivity contribution is 4.99. The standard InChI is InChI=1S/C15H28O10/c1-15(2)13(21)9(19)11(7(5-17)25-15)24-14-10(20)12(22-3)8(18)6(4-16)23-14/h6-14,16-21H,4-5H2,1-3H3/t6?,7?,8-,9-,10?,11-,12-,13?,14+/m0/s1. The van der Waals surface area contributed by atoms with E-state index in [-0.39, 0.29) is 0 Å². The van der Waals surface area contributed by atoms with Gasteiger partial charge in [0.1, 0.15) is 48.8 Å². The van der Waals surface area contributed by atoms with Gasteiger partial charge in [-0.25, -0.2) is 0 Å². The molecule has 0 aromatic rings. The molecule has 10 nitrogen and oxygen atoms in total. The predicted molar refractivity (Wildman–Crippen MR) is 81.5 cm³/mol. The summed E-state index contributed by atoms with van der Waals surface area (Å²) in [4.78, 5) is 0. The van der Waals surface area contributed by atoms with Crippen molar-refractivity contribution in [3.05, 3.63) is 0 Å². The molecular formula is C15H28O10. The van der Waals surface area contributed by atoms with Gasteiger partial charge in [0.2, 0.25) is 0 Å². The van der Waals surface area contributed by atoms with Crippen LogP contribution in [0.5, 0.6) is 0 Å². The molecule has 6 N–H and O–H groups in total. The van der Waals surface area contributed by atoms with Crippen molar-refractivity contribution in [2.24, 2.45) is 0 Å². The van der Waals surface area contributed by atoms with E-state index in [4.69, 9.17) is 18.9 Å². The molecule has 0 spiro atoms. The maximum absolute atomic E-state index is 10.4. The summed E-state index contributed by atoms with van der Waals surface area (Å²) in [6, 6.07) is 0. The number of hydrogen-bond acceptors (Lipinski definition) is 10. The van der Waals surface area contributed by atoms with Crippen molar-refractivity contribution in [3.8, 4) is 0 Å². The molecule has 2 fully saturated rings. The summed E-state index contributed by atoms with van der Waals surface area (Å²) in [6.45, 7) is 2.08. The molecule has 2 heterocycles. The topological polar surface area (TPSA) is 158 Å². The minimum Gasteiger partial charge on any atom is -0.394 e. The molecule has 0 aromatic carbocycles. The second kappa shape index (κ2) is 8.09. The Morgan fingerprint density at radius 2 is 1.48 bits per heavy atom. The first-order valence-electron chi connectivity index (χ1n) is 8.13. The fourth-order valence-electron chi connectivity index (χ4n) is 3.25. The number of aliphatic hydroxyl groups excluding tert-OH is 6. The summed E-state index contributed by atoms with van der Waals surface area (Å²) in [5.41, 5.74) is -1.11. The van der Waals surface area contributed by atoms with Crippen molar-refractivity contribution in [3.63, 3.8) is 0 Å². The van der Waals surface area contributed by atoms with Crippen molar-refractivity contribution >= 4 is 0 Å². The lowest BCUT2D eigenvalue weighted by Gasteiger charge is -2.49. The van der Waals surface area contributed by atoms with Crippen molar-refractivity contribution in [1.82, 2.24) is 0 Å². The van der Waals surface area contributed by atoms with Gasteiger partial charge in [-0.1, -0.05) is 0 Å². The number of ether oxygens (including phenoxy) is 4. The molecule has 0 amide bonds. The zero-order valence-electron chi connectivity index (χ0n) is 14.4. The largest absolute Gasteiger partial charge is 0.394 e. The highest BCUT2D eigenvalue weighted by Gasteiger charge is 2.52. The van der Waals surface area contributed by atoms with Crippen molar-refractivity contribution in [2.45, 2.75) is 74.6 Å². The molecule has 2 aliphatic rings. The van der Waals surface area contributed by atoms with Crippen molar-refractivity contribution in [1.29, 1.82) is 0 Å². The number of rotatable bonds is 5. The number of methoxy groups -OCH3 is 1. The second-order valence-electron chi connectivity index (χ2n) is 6.89. The Morgan fingerprint density at radius 3 is 2.00 bits per heavy atom. The van der Waals surface area contributed by atoms with Crippen molar-refractivity contribution in [2.75, 3.05) is 20.3 Å². The second-order valence-corrected chi connectivity index (χ2v) is 6.89. The molecule has 0 aliphatic carbocycles. The van der Waals surface area contributed by atoms with Gasteiger partial charge in [-0.3, -0.25) is 0 Å². The van der Waals surface area contributed by atoms with Gasteiger partial charge in [-0.2, -0.15) is 0 Å². The van der Waals surface area contributed by atoms with Gasteiger partial charge in [-0.05, 0) is 13.8 Å². The third-order valence-electron chi connectivity index (χ3n) is 4.76. The van der Waals surface area contributed by atoms with E-state index >= 15 is 0 Å². The van der Waals surface area contributed by atoms with E-state index in [1.165, 1.54) is 7.11 Å². The lowest BCUT2D eigenvalue weighted by Crippen LogP contribution is -2.66. The van der Waals surface area contributed by atoms with E-state index in [9.17, 15) is 30.6 Å². The minimum absolute atomic E-state index is 0.500. The fourth-order valence-corrected chi connectivity index (χ4v) is 3.25. The minimum atomic E-state index is -1.43. The molecule has 2 saturated heterocycles. The van der Waals surface area contributed by atoms with E-state index < -0.39 is 73.9 Å². The molecule has 4 unspecified atom stereocenters. The number of hydrogen-bond donors (Lipinski definition) is 6. The van der Waals surface area contributed by atoms with Gasteiger partial charge in [0.15, 0.2) is 6.29 Å². The lowest BCUT2D eigenvalue weighted by molar-refractivity contribution is -0.351. The molecule has 148 valence electrons. The molecule has 2 rings (SSSR count). The Hall–Kier alpha value is -0.400. The normalized spacial score (nSPS) is 47.6. The smallest absolute Gasteiger partial charge is 0.187 e. The summed E-state index contributed by atoms with van der Waals surface area (Å²) >= 11 is 0. The van der Waals surface area contributed by atoms with Crippen LogP contribution in [0.3, 0.4) is 0 Å². The first kappa shape index (κ1) is 20.9. The molecule has 0 radical (unpaired) electrons. The maximum atomic E-state index is 10.4. The molecule has 9 atom stereocenters. The van der Waals surface area contributed by atoms with Crippen LogP contribution in [0, 0.1) is 0 Å². The van der Waals surface area contributed by atoms with Crippen molar-refractivity contribution < 1.29 is 49.6 Å². The van der Waals surface area contributed by atoms with Gasteiger partial charge in [0.25, 0.3) is 0 Å². The van der Waals surface area contributed by atoms with Gasteiger partial charge >= 0.3 is 0 Å². The van der Waals surface area contributed by atoms with Crippen LogP contribution in [0.15, 0.2) is 0 Å². The fraction of sp³-hybridized carbons (Fsp3) is 1.00. The van der Waals surface area contributed by atoms with Crippen LogP contribution >= 0.6 is 0 Å². The SMILES string of the molecule is CO[C@@H]1C(O)[C@@H](O[C@H]2C(CO)OC(C)(C)C(O)[C@H]2O)OC(CO)[C@@H]1O. The maximum Gasteiger partial charge on any atom is 0.187 e. The van der Waals surface area contributed by atoms with E-state index in [1.807, 2.05) is 0 Å². The first-order valence-corrected chi connectivity index (χ1v) is 8.13. The van der Waals surface area contributed by atoms with Gasteiger partial charge in [-0.15, -0.1) is 0 Å². The quantitative estimate of drug-likeness (QED) is 0.290. The zero-order chi connectivity index (χ0) is 18.9. The average Bonchev–Trinajstić information content (AvgIpc) is 2.57. The van der Waals surface area contributed by atoms with E-state index in [0.29, 0.717) is 0 Å². The predicted octanol–water partition coefficient (Wildman–Crippen LogP) is -3.28. The molecule has 25 heavy (non-hydrogen) atoms. The van der Waals surface area contributed by atoms with Crippen LogP contribution in [-0.2, 0) is 18.9 Å². The molecule has 0 aromatic heterocycles. The molecule has 2 aliphatic heterocycles. The Morgan fingerprint density at radius 1 is 0.880 bits per heavy atom. The van der Waals surface area contributed by atoms with E-state index in [0.717, 1.165) is 0 Å². The van der Waals surface area contributed by atoms with Gasteiger partial charge in [0, 0.05) is 7.11 Å². The summed E-state index contributed by atoms with van der Waals surface area (Å²) in [5, 5.41) is 59.7. The lowest BCUT2D eigenvalue weighted by atomic mass is 9.87. The summed E-state index contributed by atoms with van der Waals surface area (Å²) in [7, 11) is 1.27. The van der Waals surface area contributed by atoms with Crippen LogP contribution in [0.2, 0.25) is 0 Å². The van der Waals surface area contributed by atoms with E-state index in [1.54, 1.807) is 13.8 Å². The Bertz CT molecular complexity index is 431. The van der Waals surface area contributed by atoms with Crippen LogP contribution in [-0.4, -0.2) is 112 Å². The third kappa shape index (κ3) is 3.98. The monoisotopic (exact) mass is 368 g/mol. The van der Waals surface area contributed by atoms with Crippen LogP contribution in [0.25, 0.3) is 0 Å². The Balaban J connectivity index is 2.18. The number of aliphatic hydroxyl groups is 6. The summed E-state index contributed by atoms with van der Waals surface area (Å²) in [6.07, 6.45) is -11.2. The highest BCUT2D eigenvalue weighted by Crippen LogP contribution is 2.33. The van der Waals surface area contributed by atoms with Gasteiger partial charge < -0.3 is 49.6 Å². The Labute approximate surface area is 145 Å².